The summed E-state index contributed by atoms with van der Waals surface area (Å²) in [6.45, 7) is 6.11. The van der Waals surface area contributed by atoms with E-state index in [2.05, 4.69) is 18.3 Å². The Balaban J connectivity index is 2.42. The highest BCUT2D eigenvalue weighted by Gasteiger charge is 2.24. The van der Waals surface area contributed by atoms with Crippen molar-refractivity contribution in [1.29, 1.82) is 0 Å². The van der Waals surface area contributed by atoms with Crippen LogP contribution in [0.5, 0.6) is 0 Å². The number of hydrogen-bond donors (Lipinski definition) is 2. The molecule has 2 N–H and O–H groups in total. The molecule has 2 heteroatoms. The van der Waals surface area contributed by atoms with E-state index in [9.17, 15) is 5.11 Å². The van der Waals surface area contributed by atoms with Crippen molar-refractivity contribution in [3.8, 4) is 0 Å². The molecule has 0 aliphatic heterocycles. The zero-order chi connectivity index (χ0) is 12.6. The van der Waals surface area contributed by atoms with E-state index < -0.39 is 5.60 Å². The van der Waals surface area contributed by atoms with Crippen LogP contribution in [0.1, 0.15) is 65.2 Å². The summed E-state index contributed by atoms with van der Waals surface area (Å²) in [6, 6.07) is 0. The Bertz CT molecular complexity index is 233. The first kappa shape index (κ1) is 14.7. The molecule has 0 aromatic carbocycles. The first-order valence-electron chi connectivity index (χ1n) is 7.29. The zero-order valence-corrected chi connectivity index (χ0v) is 11.6. The normalized spacial score (nSPS) is 21.2. The molecule has 100 valence electrons. The van der Waals surface area contributed by atoms with Gasteiger partial charge in [0.25, 0.3) is 0 Å². The maximum absolute atomic E-state index is 10.5. The molecule has 0 fully saturated rings. The Morgan fingerprint density at radius 1 is 1.24 bits per heavy atom. The average molecular weight is 239 g/mol. The summed E-state index contributed by atoms with van der Waals surface area (Å²) in [5.74, 6) is 0. The molecule has 0 bridgehead atoms. The maximum atomic E-state index is 10.5. The molecular weight excluding hydrogens is 210 g/mol. The van der Waals surface area contributed by atoms with Crippen molar-refractivity contribution in [1.82, 2.24) is 5.32 Å². The van der Waals surface area contributed by atoms with Crippen LogP contribution >= 0.6 is 0 Å². The minimum atomic E-state index is -0.599. The Hall–Kier alpha value is -0.340. The van der Waals surface area contributed by atoms with E-state index in [4.69, 9.17) is 0 Å². The van der Waals surface area contributed by atoms with Gasteiger partial charge in [-0.25, -0.2) is 0 Å². The van der Waals surface area contributed by atoms with Gasteiger partial charge >= 0.3 is 0 Å². The maximum Gasteiger partial charge on any atom is 0.0840 e. The molecule has 1 atom stereocenters. The highest BCUT2D eigenvalue weighted by atomic mass is 16.3. The number of nitrogens with one attached hydrogen (secondary N) is 1. The van der Waals surface area contributed by atoms with Crippen LogP contribution in [0.15, 0.2) is 11.6 Å². The van der Waals surface area contributed by atoms with Crippen molar-refractivity contribution >= 4 is 0 Å². The summed E-state index contributed by atoms with van der Waals surface area (Å²) < 4.78 is 0. The molecule has 0 spiro atoms. The Labute approximate surface area is 106 Å². The van der Waals surface area contributed by atoms with E-state index in [1.807, 2.05) is 6.92 Å². The van der Waals surface area contributed by atoms with Crippen LogP contribution in [0.2, 0.25) is 0 Å². The monoisotopic (exact) mass is 239 g/mol. The molecule has 0 saturated carbocycles. The predicted molar refractivity (Wildman–Crippen MR) is 74.2 cm³/mol. The van der Waals surface area contributed by atoms with Crippen molar-refractivity contribution in [2.45, 2.75) is 70.8 Å². The van der Waals surface area contributed by atoms with E-state index in [0.29, 0.717) is 0 Å². The van der Waals surface area contributed by atoms with Crippen LogP contribution < -0.4 is 5.32 Å². The minimum absolute atomic E-state index is 0.599. The Morgan fingerprint density at radius 3 is 2.76 bits per heavy atom. The quantitative estimate of drug-likeness (QED) is 0.550. The molecule has 1 aliphatic carbocycles. The fourth-order valence-electron chi connectivity index (χ4n) is 2.47. The third-order valence-corrected chi connectivity index (χ3v) is 3.70. The van der Waals surface area contributed by atoms with Crippen LogP contribution in [0.4, 0.5) is 0 Å². The van der Waals surface area contributed by atoms with Gasteiger partial charge in [0, 0.05) is 0 Å². The molecule has 0 aromatic rings. The molecule has 17 heavy (non-hydrogen) atoms. The average Bonchev–Trinajstić information content (AvgIpc) is 2.23. The van der Waals surface area contributed by atoms with E-state index in [0.717, 1.165) is 38.8 Å². The summed E-state index contributed by atoms with van der Waals surface area (Å²) in [7, 11) is 0. The fourth-order valence-corrected chi connectivity index (χ4v) is 2.47. The van der Waals surface area contributed by atoms with Gasteiger partial charge in [-0.05, 0) is 64.1 Å². The fraction of sp³-hybridized carbons (Fsp3) is 0.867. The highest BCUT2D eigenvalue weighted by Crippen LogP contribution is 2.28. The lowest BCUT2D eigenvalue weighted by molar-refractivity contribution is 0.0842. The number of aliphatic hydroxyl groups is 1. The van der Waals surface area contributed by atoms with Crippen molar-refractivity contribution in [3.05, 3.63) is 11.6 Å². The number of hydrogen-bond acceptors (Lipinski definition) is 2. The molecule has 2 nitrogen and oxygen atoms in total. The topological polar surface area (TPSA) is 32.3 Å². The molecule has 0 heterocycles. The number of allylic oxidation sites excluding steroid dienone is 1. The summed E-state index contributed by atoms with van der Waals surface area (Å²) in [6.07, 6.45) is 11.7. The van der Waals surface area contributed by atoms with Crippen molar-refractivity contribution in [2.24, 2.45) is 0 Å². The molecule has 0 aromatic heterocycles. The predicted octanol–water partition coefficient (Wildman–Crippen LogP) is 3.41. The Morgan fingerprint density at radius 2 is 2.00 bits per heavy atom. The lowest BCUT2D eigenvalue weighted by Crippen LogP contribution is -2.32. The van der Waals surface area contributed by atoms with E-state index in [-0.39, 0.29) is 0 Å². The molecule has 0 radical (unpaired) electrons. The van der Waals surface area contributed by atoms with Crippen molar-refractivity contribution in [2.75, 3.05) is 13.1 Å². The van der Waals surface area contributed by atoms with Gasteiger partial charge in [0.2, 0.25) is 0 Å². The first-order valence-corrected chi connectivity index (χ1v) is 7.29. The SMILES string of the molecule is CCCNCCC(C)(O)C1=CCCCCCC1. The smallest absolute Gasteiger partial charge is 0.0840 e. The zero-order valence-electron chi connectivity index (χ0n) is 11.6. The van der Waals surface area contributed by atoms with E-state index >= 15 is 0 Å². The van der Waals surface area contributed by atoms with Crippen LogP contribution in [0.3, 0.4) is 0 Å². The number of rotatable bonds is 6. The second-order valence-corrected chi connectivity index (χ2v) is 5.46. The molecule has 1 rings (SSSR count). The largest absolute Gasteiger partial charge is 0.386 e. The minimum Gasteiger partial charge on any atom is -0.386 e. The van der Waals surface area contributed by atoms with Crippen molar-refractivity contribution < 1.29 is 5.11 Å². The molecule has 1 aliphatic rings. The van der Waals surface area contributed by atoms with Crippen LogP contribution in [0, 0.1) is 0 Å². The third-order valence-electron chi connectivity index (χ3n) is 3.70. The van der Waals surface area contributed by atoms with E-state index in [1.165, 1.54) is 31.3 Å². The van der Waals surface area contributed by atoms with Gasteiger partial charge in [-0.1, -0.05) is 25.8 Å². The van der Waals surface area contributed by atoms with Gasteiger partial charge in [-0.15, -0.1) is 0 Å². The van der Waals surface area contributed by atoms with Gasteiger partial charge in [0.1, 0.15) is 0 Å². The lowest BCUT2D eigenvalue weighted by Gasteiger charge is -2.28. The summed E-state index contributed by atoms with van der Waals surface area (Å²) >= 11 is 0. The van der Waals surface area contributed by atoms with Crippen LogP contribution in [-0.4, -0.2) is 23.8 Å². The third kappa shape index (κ3) is 5.69. The standard InChI is InChI=1S/C15H29NO/c1-3-12-16-13-11-15(2,17)14-9-7-5-4-6-8-10-14/h9,16-17H,3-8,10-13H2,1-2H3. The molecule has 0 amide bonds. The van der Waals surface area contributed by atoms with E-state index in [1.54, 1.807) is 0 Å². The molecule has 0 saturated heterocycles. The van der Waals surface area contributed by atoms with Crippen molar-refractivity contribution in [3.63, 3.8) is 0 Å². The lowest BCUT2D eigenvalue weighted by atomic mass is 9.86. The van der Waals surface area contributed by atoms with Gasteiger partial charge in [0.05, 0.1) is 5.60 Å². The summed E-state index contributed by atoms with van der Waals surface area (Å²) in [5.41, 5.74) is 0.674. The molecular formula is C15H29NO. The second kappa shape index (κ2) is 7.88. The summed E-state index contributed by atoms with van der Waals surface area (Å²) in [5, 5.41) is 13.9. The first-order chi connectivity index (χ1) is 8.17. The van der Waals surface area contributed by atoms with Crippen LogP contribution in [-0.2, 0) is 0 Å². The highest BCUT2D eigenvalue weighted by molar-refractivity contribution is 5.15. The van der Waals surface area contributed by atoms with Gasteiger partial charge in [-0.2, -0.15) is 0 Å². The summed E-state index contributed by atoms with van der Waals surface area (Å²) in [4.78, 5) is 0. The van der Waals surface area contributed by atoms with Gasteiger partial charge in [0.15, 0.2) is 0 Å². The van der Waals surface area contributed by atoms with Gasteiger partial charge < -0.3 is 10.4 Å². The Kier molecular flexibility index (Phi) is 6.83. The van der Waals surface area contributed by atoms with Crippen LogP contribution in [0.25, 0.3) is 0 Å². The van der Waals surface area contributed by atoms with Gasteiger partial charge in [-0.3, -0.25) is 0 Å². The molecule has 1 unspecified atom stereocenters. The second-order valence-electron chi connectivity index (χ2n) is 5.46.